The molecule has 1 aromatic heterocycles. The third kappa shape index (κ3) is 2.55. The molecule has 88 valence electrons. The third-order valence-corrected chi connectivity index (χ3v) is 4.50. The number of allylic oxidation sites excluding steroid dienone is 1. The van der Waals surface area contributed by atoms with Crippen LogP contribution in [0.4, 0.5) is 0 Å². The van der Waals surface area contributed by atoms with Crippen molar-refractivity contribution in [2.24, 2.45) is 0 Å². The predicted molar refractivity (Wildman–Crippen MR) is 69.7 cm³/mol. The molecule has 1 aliphatic carbocycles. The van der Waals surface area contributed by atoms with Gasteiger partial charge in [-0.2, -0.15) is 0 Å². The Kier molecular flexibility index (Phi) is 3.82. The van der Waals surface area contributed by atoms with E-state index in [9.17, 15) is 5.11 Å². The molecule has 0 saturated carbocycles. The molecular weight excluding hydrogens is 216 g/mol. The maximum absolute atomic E-state index is 10.7. The Balaban J connectivity index is 2.21. The molecule has 0 aromatic carbocycles. The molecule has 1 nitrogen and oxygen atoms in total. The van der Waals surface area contributed by atoms with Crippen molar-refractivity contribution in [3.63, 3.8) is 0 Å². The van der Waals surface area contributed by atoms with E-state index < -0.39 is 5.60 Å². The van der Waals surface area contributed by atoms with Gasteiger partial charge in [0.05, 0.1) is 0 Å². The van der Waals surface area contributed by atoms with Gasteiger partial charge in [-0.3, -0.25) is 0 Å². The molecule has 0 saturated heterocycles. The van der Waals surface area contributed by atoms with E-state index in [1.54, 1.807) is 11.3 Å². The SMILES string of the molecule is CC(O)(/C1=C/CCCCCC1)c1cccs1. The van der Waals surface area contributed by atoms with Crippen molar-refractivity contribution in [1.82, 2.24) is 0 Å². The summed E-state index contributed by atoms with van der Waals surface area (Å²) in [5.41, 5.74) is 0.473. The Morgan fingerprint density at radius 2 is 2.06 bits per heavy atom. The minimum absolute atomic E-state index is 0.745. The molecule has 0 fully saturated rings. The summed E-state index contributed by atoms with van der Waals surface area (Å²) < 4.78 is 0. The normalized spacial score (nSPS) is 25.0. The number of thiophene rings is 1. The van der Waals surface area contributed by atoms with Gasteiger partial charge in [-0.1, -0.05) is 25.0 Å². The molecule has 0 aliphatic heterocycles. The van der Waals surface area contributed by atoms with Gasteiger partial charge in [0, 0.05) is 4.88 Å². The highest BCUT2D eigenvalue weighted by atomic mass is 32.1. The van der Waals surface area contributed by atoms with E-state index in [4.69, 9.17) is 0 Å². The van der Waals surface area contributed by atoms with E-state index in [1.807, 2.05) is 24.4 Å². The Morgan fingerprint density at radius 3 is 2.81 bits per heavy atom. The second kappa shape index (κ2) is 5.15. The van der Waals surface area contributed by atoms with Crippen LogP contribution < -0.4 is 0 Å². The fraction of sp³-hybridized carbons (Fsp3) is 0.571. The second-order valence-electron chi connectivity index (χ2n) is 4.73. The molecule has 1 N–H and O–H groups in total. The smallest absolute Gasteiger partial charge is 0.117 e. The summed E-state index contributed by atoms with van der Waals surface area (Å²) in [5.74, 6) is 0. The van der Waals surface area contributed by atoms with Crippen LogP contribution in [0, 0.1) is 0 Å². The van der Waals surface area contributed by atoms with Crippen LogP contribution in [0.15, 0.2) is 29.2 Å². The van der Waals surface area contributed by atoms with Gasteiger partial charge in [-0.05, 0) is 49.6 Å². The molecule has 1 atom stereocenters. The lowest BCUT2D eigenvalue weighted by Gasteiger charge is -2.27. The number of hydrogen-bond donors (Lipinski definition) is 1. The monoisotopic (exact) mass is 236 g/mol. The topological polar surface area (TPSA) is 20.2 Å². The molecule has 0 amide bonds. The fourth-order valence-electron chi connectivity index (χ4n) is 2.35. The molecule has 1 heterocycles. The van der Waals surface area contributed by atoms with Crippen molar-refractivity contribution < 1.29 is 5.11 Å². The van der Waals surface area contributed by atoms with Crippen molar-refractivity contribution in [3.8, 4) is 0 Å². The lowest BCUT2D eigenvalue weighted by molar-refractivity contribution is 0.0961. The summed E-state index contributed by atoms with van der Waals surface area (Å²) in [6.07, 6.45) is 9.56. The maximum atomic E-state index is 10.7. The highest BCUT2D eigenvalue weighted by Gasteiger charge is 2.28. The standard InChI is InChI=1S/C14H20OS/c1-14(15,13-10-7-11-16-13)12-8-5-3-2-4-6-9-12/h7-8,10-11,15H,2-6,9H2,1H3/b12-8+. The summed E-state index contributed by atoms with van der Waals surface area (Å²) in [6.45, 7) is 1.94. The summed E-state index contributed by atoms with van der Waals surface area (Å²) in [6, 6.07) is 4.04. The van der Waals surface area contributed by atoms with E-state index in [2.05, 4.69) is 6.08 Å². The van der Waals surface area contributed by atoms with Crippen LogP contribution in [-0.4, -0.2) is 5.11 Å². The number of rotatable bonds is 2. The molecule has 1 aromatic rings. The summed E-state index contributed by atoms with van der Waals surface area (Å²) >= 11 is 1.64. The van der Waals surface area contributed by atoms with Crippen LogP contribution >= 0.6 is 11.3 Å². The first kappa shape index (κ1) is 11.9. The minimum atomic E-state index is -0.745. The van der Waals surface area contributed by atoms with E-state index in [0.29, 0.717) is 0 Å². The second-order valence-corrected chi connectivity index (χ2v) is 5.68. The van der Waals surface area contributed by atoms with Crippen LogP contribution in [0.25, 0.3) is 0 Å². The fourth-order valence-corrected chi connectivity index (χ4v) is 3.17. The first-order chi connectivity index (χ1) is 7.71. The van der Waals surface area contributed by atoms with Gasteiger partial charge in [0.25, 0.3) is 0 Å². The van der Waals surface area contributed by atoms with Gasteiger partial charge in [0.1, 0.15) is 5.60 Å². The highest BCUT2D eigenvalue weighted by Crippen LogP contribution is 2.36. The highest BCUT2D eigenvalue weighted by molar-refractivity contribution is 7.10. The van der Waals surface area contributed by atoms with E-state index in [1.165, 1.54) is 31.3 Å². The van der Waals surface area contributed by atoms with Gasteiger partial charge in [-0.15, -0.1) is 11.3 Å². The quantitative estimate of drug-likeness (QED) is 0.762. The average Bonchev–Trinajstić information content (AvgIpc) is 2.68. The molecule has 1 unspecified atom stereocenters. The lowest BCUT2D eigenvalue weighted by atomic mass is 9.87. The molecule has 0 bridgehead atoms. The van der Waals surface area contributed by atoms with Crippen molar-refractivity contribution in [2.45, 2.75) is 51.0 Å². The molecule has 1 aliphatic rings. The lowest BCUT2D eigenvalue weighted by Crippen LogP contribution is -2.23. The van der Waals surface area contributed by atoms with Crippen molar-refractivity contribution >= 4 is 11.3 Å². The zero-order valence-corrected chi connectivity index (χ0v) is 10.7. The number of aliphatic hydroxyl groups is 1. The van der Waals surface area contributed by atoms with Crippen LogP contribution in [0.3, 0.4) is 0 Å². The Labute approximate surface area is 102 Å². The molecule has 16 heavy (non-hydrogen) atoms. The minimum Gasteiger partial charge on any atom is -0.380 e. The van der Waals surface area contributed by atoms with Gasteiger partial charge in [0.2, 0.25) is 0 Å². The summed E-state index contributed by atoms with van der Waals surface area (Å²) in [4.78, 5) is 1.07. The van der Waals surface area contributed by atoms with Crippen LogP contribution in [0.5, 0.6) is 0 Å². The molecule has 0 spiro atoms. The molecular formula is C14H20OS. The Morgan fingerprint density at radius 1 is 1.25 bits per heavy atom. The van der Waals surface area contributed by atoms with Crippen LogP contribution in [-0.2, 0) is 5.60 Å². The zero-order valence-electron chi connectivity index (χ0n) is 9.91. The third-order valence-electron chi connectivity index (χ3n) is 3.42. The predicted octanol–water partition coefficient (Wildman–Crippen LogP) is 4.24. The van der Waals surface area contributed by atoms with Crippen molar-refractivity contribution in [3.05, 3.63) is 34.0 Å². The van der Waals surface area contributed by atoms with E-state index in [0.717, 1.165) is 17.7 Å². The average molecular weight is 236 g/mol. The van der Waals surface area contributed by atoms with Gasteiger partial charge in [-0.25, -0.2) is 0 Å². The van der Waals surface area contributed by atoms with Crippen molar-refractivity contribution in [2.75, 3.05) is 0 Å². The van der Waals surface area contributed by atoms with Crippen LogP contribution in [0.2, 0.25) is 0 Å². The number of hydrogen-bond acceptors (Lipinski definition) is 2. The molecule has 2 rings (SSSR count). The van der Waals surface area contributed by atoms with Gasteiger partial charge >= 0.3 is 0 Å². The van der Waals surface area contributed by atoms with E-state index >= 15 is 0 Å². The molecule has 2 heteroatoms. The van der Waals surface area contributed by atoms with Gasteiger partial charge < -0.3 is 5.11 Å². The molecule has 0 radical (unpaired) electrons. The Bertz CT molecular complexity index is 349. The van der Waals surface area contributed by atoms with Crippen LogP contribution in [0.1, 0.15) is 50.3 Å². The van der Waals surface area contributed by atoms with Gasteiger partial charge in [0.15, 0.2) is 0 Å². The largest absolute Gasteiger partial charge is 0.380 e. The van der Waals surface area contributed by atoms with Crippen molar-refractivity contribution in [1.29, 1.82) is 0 Å². The summed E-state index contributed by atoms with van der Waals surface area (Å²) in [7, 11) is 0. The maximum Gasteiger partial charge on any atom is 0.117 e. The summed E-state index contributed by atoms with van der Waals surface area (Å²) in [5, 5.41) is 12.7. The van der Waals surface area contributed by atoms with E-state index in [-0.39, 0.29) is 0 Å². The Hall–Kier alpha value is -0.600. The first-order valence-electron chi connectivity index (χ1n) is 6.17. The zero-order chi connectivity index (χ0) is 11.4. The first-order valence-corrected chi connectivity index (χ1v) is 7.05.